The van der Waals surface area contributed by atoms with E-state index < -0.39 is 6.09 Å². The van der Waals surface area contributed by atoms with Gasteiger partial charge in [-0.05, 0) is 39.0 Å². The lowest BCUT2D eigenvalue weighted by molar-refractivity contribution is 0.112. The van der Waals surface area contributed by atoms with Crippen molar-refractivity contribution in [1.82, 2.24) is 9.78 Å². The second-order valence-corrected chi connectivity index (χ2v) is 6.03. The number of halogens is 1. The number of carboxylic acid groups (broad SMARTS) is 1. The topological polar surface area (TPSA) is 72.2 Å². The lowest BCUT2D eigenvalue weighted by atomic mass is 9.82. The molecule has 0 aliphatic carbocycles. The fourth-order valence-electron chi connectivity index (χ4n) is 2.24. The number of hydrogen-bond acceptors (Lipinski definition) is 3. The standard InChI is InChI=1S/C13H13BrN2O3/c1-13(2,3)10-7(6-17)4-5-8-9(10)11(14)15-16(8)12(18)19/h4-6H,1-3H3,(H,18,19). The quantitative estimate of drug-likeness (QED) is 0.815. The number of fused-ring (bicyclic) bond motifs is 1. The van der Waals surface area contributed by atoms with E-state index in [4.69, 9.17) is 5.11 Å². The van der Waals surface area contributed by atoms with E-state index in [0.717, 1.165) is 16.5 Å². The van der Waals surface area contributed by atoms with Crippen molar-refractivity contribution < 1.29 is 14.7 Å². The zero-order chi connectivity index (χ0) is 14.4. The van der Waals surface area contributed by atoms with Gasteiger partial charge in [0.1, 0.15) is 10.9 Å². The molecule has 1 aromatic heterocycles. The Bertz CT molecular complexity index is 683. The molecule has 100 valence electrons. The Morgan fingerprint density at radius 3 is 2.53 bits per heavy atom. The molecule has 0 atom stereocenters. The van der Waals surface area contributed by atoms with E-state index in [2.05, 4.69) is 21.0 Å². The van der Waals surface area contributed by atoms with Gasteiger partial charge >= 0.3 is 6.09 Å². The lowest BCUT2D eigenvalue weighted by Gasteiger charge is -2.22. The van der Waals surface area contributed by atoms with Crippen molar-refractivity contribution in [2.24, 2.45) is 0 Å². The third-order valence-corrected chi connectivity index (χ3v) is 3.45. The van der Waals surface area contributed by atoms with E-state index in [1.165, 1.54) is 0 Å². The highest BCUT2D eigenvalue weighted by Crippen LogP contribution is 2.36. The van der Waals surface area contributed by atoms with Crippen LogP contribution in [0.2, 0.25) is 0 Å². The van der Waals surface area contributed by atoms with Crippen LogP contribution in [0.1, 0.15) is 36.7 Å². The van der Waals surface area contributed by atoms with Crippen LogP contribution in [0, 0.1) is 0 Å². The Morgan fingerprint density at radius 2 is 2.05 bits per heavy atom. The predicted octanol–water partition coefficient (Wildman–Crippen LogP) is 3.43. The summed E-state index contributed by atoms with van der Waals surface area (Å²) < 4.78 is 1.34. The summed E-state index contributed by atoms with van der Waals surface area (Å²) in [4.78, 5) is 22.4. The molecule has 0 saturated carbocycles. The molecule has 0 fully saturated rings. The number of hydrogen-bond donors (Lipinski definition) is 1. The van der Waals surface area contributed by atoms with Crippen molar-refractivity contribution in [3.63, 3.8) is 0 Å². The molecule has 0 radical (unpaired) electrons. The molecule has 0 bridgehead atoms. The van der Waals surface area contributed by atoms with Crippen molar-refractivity contribution in [2.45, 2.75) is 26.2 Å². The molecular weight excluding hydrogens is 312 g/mol. The molecule has 0 spiro atoms. The number of aromatic nitrogens is 2. The average molecular weight is 325 g/mol. The molecule has 2 rings (SSSR count). The summed E-state index contributed by atoms with van der Waals surface area (Å²) in [6, 6.07) is 3.23. The summed E-state index contributed by atoms with van der Waals surface area (Å²) in [5, 5.41) is 13.7. The van der Waals surface area contributed by atoms with Gasteiger partial charge in [0, 0.05) is 10.9 Å². The van der Waals surface area contributed by atoms with Crippen LogP contribution in [0.25, 0.3) is 10.9 Å². The summed E-state index contributed by atoms with van der Waals surface area (Å²) in [5.74, 6) is 0. The first-order valence-electron chi connectivity index (χ1n) is 5.67. The van der Waals surface area contributed by atoms with Crippen molar-refractivity contribution in [3.8, 4) is 0 Å². The van der Waals surface area contributed by atoms with Gasteiger partial charge < -0.3 is 5.11 Å². The van der Waals surface area contributed by atoms with Gasteiger partial charge in [-0.25, -0.2) is 4.79 Å². The highest BCUT2D eigenvalue weighted by molar-refractivity contribution is 9.10. The van der Waals surface area contributed by atoms with Gasteiger partial charge in [0.2, 0.25) is 0 Å². The molecule has 1 heterocycles. The molecule has 0 saturated heterocycles. The van der Waals surface area contributed by atoms with Crippen LogP contribution in [0.4, 0.5) is 4.79 Å². The second kappa shape index (κ2) is 4.45. The maximum Gasteiger partial charge on any atom is 0.432 e. The van der Waals surface area contributed by atoms with E-state index >= 15 is 0 Å². The van der Waals surface area contributed by atoms with E-state index in [-0.39, 0.29) is 5.41 Å². The normalized spacial score (nSPS) is 11.8. The van der Waals surface area contributed by atoms with Crippen LogP contribution < -0.4 is 0 Å². The summed E-state index contributed by atoms with van der Waals surface area (Å²) >= 11 is 3.28. The number of benzene rings is 1. The lowest BCUT2D eigenvalue weighted by Crippen LogP contribution is -2.15. The van der Waals surface area contributed by atoms with Crippen LogP contribution in [-0.2, 0) is 5.41 Å². The number of carbonyl (C=O) groups excluding carboxylic acids is 1. The third-order valence-electron chi connectivity index (χ3n) is 2.90. The van der Waals surface area contributed by atoms with Crippen LogP contribution in [0.3, 0.4) is 0 Å². The highest BCUT2D eigenvalue weighted by Gasteiger charge is 2.26. The predicted molar refractivity (Wildman–Crippen MR) is 74.9 cm³/mol. The molecule has 1 N–H and O–H groups in total. The summed E-state index contributed by atoms with van der Waals surface area (Å²) in [7, 11) is 0. The van der Waals surface area contributed by atoms with Gasteiger partial charge in [-0.15, -0.1) is 0 Å². The van der Waals surface area contributed by atoms with Crippen LogP contribution in [-0.4, -0.2) is 27.3 Å². The van der Waals surface area contributed by atoms with Gasteiger partial charge in [0.05, 0.1) is 5.52 Å². The van der Waals surface area contributed by atoms with Crippen molar-refractivity contribution in [1.29, 1.82) is 0 Å². The smallest absolute Gasteiger partial charge is 0.432 e. The molecule has 0 amide bonds. The zero-order valence-electron chi connectivity index (χ0n) is 10.8. The van der Waals surface area contributed by atoms with Gasteiger partial charge in [-0.2, -0.15) is 9.78 Å². The van der Waals surface area contributed by atoms with Crippen LogP contribution >= 0.6 is 15.9 Å². The first kappa shape index (κ1) is 13.7. The molecular formula is C13H13BrN2O3. The number of carbonyl (C=O) groups is 2. The SMILES string of the molecule is CC(C)(C)c1c(C=O)ccc2c1c(Br)nn2C(=O)O. The van der Waals surface area contributed by atoms with E-state index in [1.54, 1.807) is 12.1 Å². The van der Waals surface area contributed by atoms with Gasteiger partial charge in [0.25, 0.3) is 0 Å². The Kier molecular flexibility index (Phi) is 3.22. The minimum Gasteiger partial charge on any atom is -0.463 e. The number of rotatable bonds is 1. The largest absolute Gasteiger partial charge is 0.463 e. The van der Waals surface area contributed by atoms with E-state index in [9.17, 15) is 9.59 Å². The Morgan fingerprint density at radius 1 is 1.42 bits per heavy atom. The monoisotopic (exact) mass is 324 g/mol. The second-order valence-electron chi connectivity index (χ2n) is 5.28. The van der Waals surface area contributed by atoms with Crippen LogP contribution in [0.5, 0.6) is 0 Å². The van der Waals surface area contributed by atoms with E-state index in [1.807, 2.05) is 20.8 Å². The Labute approximate surface area is 118 Å². The van der Waals surface area contributed by atoms with E-state index in [0.29, 0.717) is 21.1 Å². The Balaban J connectivity index is 2.98. The maximum atomic E-state index is 11.2. The van der Waals surface area contributed by atoms with Crippen molar-refractivity contribution >= 4 is 39.2 Å². The third kappa shape index (κ3) is 2.16. The molecule has 19 heavy (non-hydrogen) atoms. The molecule has 5 nitrogen and oxygen atoms in total. The average Bonchev–Trinajstić information content (AvgIpc) is 2.64. The van der Waals surface area contributed by atoms with Crippen molar-refractivity contribution in [2.75, 3.05) is 0 Å². The number of nitrogens with zero attached hydrogens (tertiary/aromatic N) is 2. The molecule has 0 aliphatic rings. The Hall–Kier alpha value is -1.69. The first-order valence-corrected chi connectivity index (χ1v) is 6.47. The molecule has 1 aromatic carbocycles. The molecule has 0 aliphatic heterocycles. The summed E-state index contributed by atoms with van der Waals surface area (Å²) in [6.07, 6.45) is -0.376. The maximum absolute atomic E-state index is 11.2. The first-order chi connectivity index (χ1) is 8.77. The molecule has 6 heteroatoms. The highest BCUT2D eigenvalue weighted by atomic mass is 79.9. The molecule has 0 unspecified atom stereocenters. The minimum absolute atomic E-state index is 0.301. The fourth-order valence-corrected chi connectivity index (χ4v) is 2.80. The number of aldehydes is 1. The minimum atomic E-state index is -1.16. The van der Waals surface area contributed by atoms with Gasteiger partial charge in [-0.1, -0.05) is 20.8 Å². The summed E-state index contributed by atoms with van der Waals surface area (Å²) in [6.45, 7) is 5.91. The van der Waals surface area contributed by atoms with Crippen LogP contribution in [0.15, 0.2) is 16.7 Å². The van der Waals surface area contributed by atoms with Gasteiger partial charge in [-0.3, -0.25) is 4.79 Å². The summed E-state index contributed by atoms with van der Waals surface area (Å²) in [5.41, 5.74) is 1.50. The van der Waals surface area contributed by atoms with Gasteiger partial charge in [0.15, 0.2) is 0 Å². The van der Waals surface area contributed by atoms with Crippen molar-refractivity contribution in [3.05, 3.63) is 27.9 Å². The molecule has 2 aromatic rings. The zero-order valence-corrected chi connectivity index (χ0v) is 12.4. The fraction of sp³-hybridized carbons (Fsp3) is 0.308.